The molecule has 0 aliphatic heterocycles. The van der Waals surface area contributed by atoms with E-state index in [-0.39, 0.29) is 0 Å². The van der Waals surface area contributed by atoms with Gasteiger partial charge in [-0.1, -0.05) is 24.3 Å². The van der Waals surface area contributed by atoms with Crippen LogP contribution in [0.4, 0.5) is 5.69 Å². The molecule has 17 heavy (non-hydrogen) atoms. The zero-order chi connectivity index (χ0) is 12.3. The number of benzene rings is 2. The molecule has 0 aliphatic rings. The number of halogens is 1. The van der Waals surface area contributed by atoms with Gasteiger partial charge in [0.2, 0.25) is 0 Å². The minimum absolute atomic E-state index is 0.883. The Labute approximate surface area is 116 Å². The van der Waals surface area contributed by atoms with Crippen molar-refractivity contribution >= 4 is 28.3 Å². The van der Waals surface area contributed by atoms with Crippen molar-refractivity contribution in [3.63, 3.8) is 0 Å². The smallest absolute Gasteiger partial charge is 0.0403 e. The monoisotopic (exact) mass is 337 g/mol. The maximum atomic E-state index is 3.47. The maximum absolute atomic E-state index is 3.47. The van der Waals surface area contributed by atoms with E-state index in [1.165, 1.54) is 25.9 Å². The van der Waals surface area contributed by atoms with Crippen molar-refractivity contribution in [2.75, 3.05) is 5.32 Å². The molecule has 0 saturated carbocycles. The second-order valence-electron chi connectivity index (χ2n) is 4.22. The van der Waals surface area contributed by atoms with Crippen LogP contribution in [0.1, 0.15) is 16.7 Å². The second kappa shape index (κ2) is 5.54. The Kier molecular flexibility index (Phi) is 4.05. The van der Waals surface area contributed by atoms with Gasteiger partial charge in [-0.05, 0) is 71.3 Å². The average molecular weight is 337 g/mol. The Bertz CT molecular complexity index is 520. The molecule has 0 spiro atoms. The normalized spacial score (nSPS) is 10.3. The number of nitrogens with one attached hydrogen (secondary N) is 1. The van der Waals surface area contributed by atoms with Crippen LogP contribution in [0.15, 0.2) is 42.5 Å². The predicted octanol–water partition coefficient (Wildman–Crippen LogP) is 4.52. The van der Waals surface area contributed by atoms with E-state index in [0.717, 1.165) is 6.54 Å². The van der Waals surface area contributed by atoms with Crippen LogP contribution in [0.25, 0.3) is 0 Å². The third-order valence-electron chi connectivity index (χ3n) is 3.02. The van der Waals surface area contributed by atoms with Gasteiger partial charge in [-0.25, -0.2) is 0 Å². The largest absolute Gasteiger partial charge is 0.381 e. The van der Waals surface area contributed by atoms with Crippen LogP contribution < -0.4 is 5.32 Å². The lowest BCUT2D eigenvalue weighted by Gasteiger charge is -2.11. The minimum atomic E-state index is 0.883. The summed E-state index contributed by atoms with van der Waals surface area (Å²) in [5.74, 6) is 0. The lowest BCUT2D eigenvalue weighted by Crippen LogP contribution is -2.02. The summed E-state index contributed by atoms with van der Waals surface area (Å²) in [4.78, 5) is 0. The van der Waals surface area contributed by atoms with Gasteiger partial charge in [0.1, 0.15) is 0 Å². The first-order valence-electron chi connectivity index (χ1n) is 5.71. The van der Waals surface area contributed by atoms with Crippen molar-refractivity contribution in [2.45, 2.75) is 20.4 Å². The van der Waals surface area contributed by atoms with Gasteiger partial charge < -0.3 is 5.32 Å². The van der Waals surface area contributed by atoms with E-state index in [4.69, 9.17) is 0 Å². The molecular formula is C15H16IN. The maximum Gasteiger partial charge on any atom is 0.0403 e. The summed E-state index contributed by atoms with van der Waals surface area (Å²) in [6.45, 7) is 5.22. The molecule has 0 aliphatic carbocycles. The molecule has 0 atom stereocenters. The highest BCUT2D eigenvalue weighted by molar-refractivity contribution is 14.1. The van der Waals surface area contributed by atoms with Crippen molar-refractivity contribution in [2.24, 2.45) is 0 Å². The van der Waals surface area contributed by atoms with E-state index in [1.807, 2.05) is 0 Å². The van der Waals surface area contributed by atoms with Gasteiger partial charge in [0.25, 0.3) is 0 Å². The highest BCUT2D eigenvalue weighted by Gasteiger charge is 2.00. The predicted molar refractivity (Wildman–Crippen MR) is 82.4 cm³/mol. The highest BCUT2D eigenvalue weighted by atomic mass is 127. The van der Waals surface area contributed by atoms with Gasteiger partial charge in [-0.2, -0.15) is 0 Å². The first kappa shape index (κ1) is 12.4. The molecule has 0 unspecified atom stereocenters. The summed E-state index contributed by atoms with van der Waals surface area (Å²) in [6, 6.07) is 14.9. The van der Waals surface area contributed by atoms with E-state index in [1.54, 1.807) is 0 Å². The highest BCUT2D eigenvalue weighted by Crippen LogP contribution is 2.16. The summed E-state index contributed by atoms with van der Waals surface area (Å²) in [6.07, 6.45) is 0. The van der Waals surface area contributed by atoms with E-state index < -0.39 is 0 Å². The molecule has 1 N–H and O–H groups in total. The quantitative estimate of drug-likeness (QED) is 0.812. The van der Waals surface area contributed by atoms with Gasteiger partial charge in [0, 0.05) is 15.8 Å². The molecule has 2 aromatic rings. The SMILES string of the molecule is Cc1cccc(CNc2cccc(I)c2)c1C. The standard InChI is InChI=1S/C15H16IN/c1-11-5-3-6-13(12(11)2)10-17-15-8-4-7-14(16)9-15/h3-9,17H,10H2,1-2H3. The van der Waals surface area contributed by atoms with E-state index >= 15 is 0 Å². The summed E-state index contributed by atoms with van der Waals surface area (Å²) >= 11 is 2.33. The minimum Gasteiger partial charge on any atom is -0.381 e. The molecule has 2 aromatic carbocycles. The third-order valence-corrected chi connectivity index (χ3v) is 3.70. The zero-order valence-electron chi connectivity index (χ0n) is 10.1. The van der Waals surface area contributed by atoms with Crippen LogP contribution in [0.3, 0.4) is 0 Å². The van der Waals surface area contributed by atoms with E-state index in [9.17, 15) is 0 Å². The van der Waals surface area contributed by atoms with Crippen molar-refractivity contribution in [3.05, 3.63) is 62.7 Å². The molecule has 1 nitrogen and oxygen atoms in total. The molecule has 0 saturated heterocycles. The molecule has 0 aromatic heterocycles. The average Bonchev–Trinajstić information content (AvgIpc) is 2.31. The lowest BCUT2D eigenvalue weighted by atomic mass is 10.0. The first-order chi connectivity index (χ1) is 8.16. The van der Waals surface area contributed by atoms with Crippen LogP contribution in [-0.4, -0.2) is 0 Å². The van der Waals surface area contributed by atoms with Gasteiger partial charge in [-0.3, -0.25) is 0 Å². The molecule has 2 heteroatoms. The number of anilines is 1. The van der Waals surface area contributed by atoms with Crippen LogP contribution >= 0.6 is 22.6 Å². The topological polar surface area (TPSA) is 12.0 Å². The molecule has 0 bridgehead atoms. The van der Waals surface area contributed by atoms with Crippen LogP contribution in [0.2, 0.25) is 0 Å². The number of aryl methyl sites for hydroxylation is 1. The first-order valence-corrected chi connectivity index (χ1v) is 6.79. The van der Waals surface area contributed by atoms with Crippen LogP contribution in [-0.2, 0) is 6.54 Å². The van der Waals surface area contributed by atoms with Crippen LogP contribution in [0.5, 0.6) is 0 Å². The summed E-state index contributed by atoms with van der Waals surface area (Å²) < 4.78 is 1.26. The van der Waals surface area contributed by atoms with Crippen molar-refractivity contribution in [1.82, 2.24) is 0 Å². The van der Waals surface area contributed by atoms with Gasteiger partial charge in [0.15, 0.2) is 0 Å². The number of hydrogen-bond acceptors (Lipinski definition) is 1. The Hall–Kier alpha value is -1.03. The fourth-order valence-electron chi connectivity index (χ4n) is 1.80. The van der Waals surface area contributed by atoms with Gasteiger partial charge in [0.05, 0.1) is 0 Å². The Morgan fingerprint density at radius 1 is 1.06 bits per heavy atom. The summed E-state index contributed by atoms with van der Waals surface area (Å²) in [5, 5.41) is 3.47. The van der Waals surface area contributed by atoms with Crippen molar-refractivity contribution < 1.29 is 0 Å². The van der Waals surface area contributed by atoms with E-state index in [0.29, 0.717) is 0 Å². The zero-order valence-corrected chi connectivity index (χ0v) is 12.3. The number of rotatable bonds is 3. The molecular weight excluding hydrogens is 321 g/mol. The number of hydrogen-bond donors (Lipinski definition) is 1. The third kappa shape index (κ3) is 3.22. The molecule has 2 rings (SSSR count). The molecule has 0 heterocycles. The summed E-state index contributed by atoms with van der Waals surface area (Å²) in [7, 11) is 0. The van der Waals surface area contributed by atoms with E-state index in [2.05, 4.69) is 84.2 Å². The van der Waals surface area contributed by atoms with Crippen molar-refractivity contribution in [1.29, 1.82) is 0 Å². The van der Waals surface area contributed by atoms with Gasteiger partial charge >= 0.3 is 0 Å². The Morgan fingerprint density at radius 2 is 1.82 bits per heavy atom. The molecule has 0 amide bonds. The molecule has 0 fully saturated rings. The fourth-order valence-corrected chi connectivity index (χ4v) is 2.34. The second-order valence-corrected chi connectivity index (χ2v) is 5.47. The van der Waals surface area contributed by atoms with Crippen LogP contribution in [0, 0.1) is 17.4 Å². The lowest BCUT2D eigenvalue weighted by molar-refractivity contribution is 1.10. The van der Waals surface area contributed by atoms with Crippen molar-refractivity contribution in [3.8, 4) is 0 Å². The molecule has 88 valence electrons. The Balaban J connectivity index is 2.10. The summed E-state index contributed by atoms with van der Waals surface area (Å²) in [5.41, 5.74) is 5.28. The fraction of sp³-hybridized carbons (Fsp3) is 0.200. The Morgan fingerprint density at radius 3 is 2.59 bits per heavy atom. The van der Waals surface area contributed by atoms with Gasteiger partial charge in [-0.15, -0.1) is 0 Å². The molecule has 0 radical (unpaired) electrons.